The molecule has 8 nitrogen and oxygen atoms in total. The molecule has 3 N–H and O–H groups in total. The molecular weight excluding hydrogens is 494 g/mol. The Morgan fingerprint density at radius 1 is 1.27 bits per heavy atom. The summed E-state index contributed by atoms with van der Waals surface area (Å²) in [7, 11) is 0. The highest BCUT2D eigenvalue weighted by Gasteiger charge is 2.60. The van der Waals surface area contributed by atoms with Crippen molar-refractivity contribution in [3.05, 3.63) is 29.8 Å². The van der Waals surface area contributed by atoms with E-state index in [-0.39, 0.29) is 30.9 Å². The molecule has 200 valence electrons. The number of rotatable bonds is 7. The summed E-state index contributed by atoms with van der Waals surface area (Å²) in [5.74, 6) is -8.52. The van der Waals surface area contributed by atoms with Crippen LogP contribution in [0.1, 0.15) is 45.4 Å². The number of halogens is 4. The zero-order valence-electron chi connectivity index (χ0n) is 20.3. The number of carbonyl (C=O) groups is 3. The topological polar surface area (TPSA) is 114 Å². The normalized spacial score (nSPS) is 28.0. The highest BCUT2D eigenvalue weighted by atomic mass is 19.3. The SMILES string of the molecule is C[C@H](Nc1cc(F)ccc1F)C(=O)N1[C@@H]2CC[C@H]([C@H]1C(=O)N[C@@H](C#N)C[C@@H]1CCCNC1=O)C(F)(F)C2. The Morgan fingerprint density at radius 3 is 2.70 bits per heavy atom. The first kappa shape index (κ1) is 26.7. The molecule has 3 aliphatic heterocycles. The summed E-state index contributed by atoms with van der Waals surface area (Å²) in [6, 6.07) is -0.139. The summed E-state index contributed by atoms with van der Waals surface area (Å²) in [4.78, 5) is 40.0. The Kier molecular flexibility index (Phi) is 7.62. The standard InChI is InChI=1S/C25H29F4N5O3/c1-13(32-20-10-15(26)4-7-19(20)27)24(37)34-17-5-6-18(25(28,29)11-17)21(34)23(36)33-16(12-30)9-14-3-2-8-31-22(14)35/h4,7,10,13-14,16-18,21,32H,2-3,5-6,8-9,11H2,1H3,(H,31,35)(H,33,36)/t13-,14-,16+,17+,18+,21-/m0/s1. The summed E-state index contributed by atoms with van der Waals surface area (Å²) in [5.41, 5.74) is -0.273. The first-order chi connectivity index (χ1) is 17.5. The second-order valence-corrected chi connectivity index (χ2v) is 10.0. The number of fused-ring (bicyclic) bond motifs is 3. The average Bonchev–Trinajstić information content (AvgIpc) is 2.85. The molecule has 1 aliphatic carbocycles. The highest BCUT2D eigenvalue weighted by Crippen LogP contribution is 2.49. The van der Waals surface area contributed by atoms with Gasteiger partial charge in [0.2, 0.25) is 17.7 Å². The van der Waals surface area contributed by atoms with Crippen molar-refractivity contribution in [2.75, 3.05) is 11.9 Å². The number of alkyl halides is 2. The third kappa shape index (κ3) is 5.50. The van der Waals surface area contributed by atoms with E-state index in [0.29, 0.717) is 13.0 Å². The molecule has 2 bridgehead atoms. The van der Waals surface area contributed by atoms with Gasteiger partial charge in [-0.3, -0.25) is 14.4 Å². The molecule has 5 rings (SSSR count). The average molecular weight is 524 g/mol. The lowest BCUT2D eigenvalue weighted by Crippen LogP contribution is -2.70. The van der Waals surface area contributed by atoms with Crippen LogP contribution in [0.15, 0.2) is 18.2 Å². The zero-order chi connectivity index (χ0) is 26.9. The molecule has 1 saturated carbocycles. The van der Waals surface area contributed by atoms with E-state index in [1.165, 1.54) is 6.92 Å². The Labute approximate surface area is 211 Å². The van der Waals surface area contributed by atoms with Gasteiger partial charge in [-0.15, -0.1) is 0 Å². The smallest absolute Gasteiger partial charge is 0.255 e. The lowest BCUT2D eigenvalue weighted by Gasteiger charge is -2.54. The van der Waals surface area contributed by atoms with Crippen molar-refractivity contribution in [1.82, 2.24) is 15.5 Å². The van der Waals surface area contributed by atoms with Gasteiger partial charge >= 0.3 is 0 Å². The molecule has 4 aliphatic rings. The molecule has 0 spiro atoms. The fourth-order valence-corrected chi connectivity index (χ4v) is 5.70. The fourth-order valence-electron chi connectivity index (χ4n) is 5.70. The summed E-state index contributed by atoms with van der Waals surface area (Å²) >= 11 is 0. The minimum Gasteiger partial charge on any atom is -0.371 e. The molecule has 1 aromatic rings. The molecule has 12 heteroatoms. The zero-order valence-corrected chi connectivity index (χ0v) is 20.3. The van der Waals surface area contributed by atoms with Crippen molar-refractivity contribution in [2.45, 2.75) is 75.5 Å². The van der Waals surface area contributed by atoms with Crippen molar-refractivity contribution < 1.29 is 31.9 Å². The molecular formula is C25H29F4N5O3. The number of nitriles is 1. The predicted octanol–water partition coefficient (Wildman–Crippen LogP) is 2.70. The van der Waals surface area contributed by atoms with Gasteiger partial charge in [0.15, 0.2) is 0 Å². The summed E-state index contributed by atoms with van der Waals surface area (Å²) in [5, 5.41) is 17.4. The first-order valence-electron chi connectivity index (χ1n) is 12.4. The van der Waals surface area contributed by atoms with Gasteiger partial charge in [-0.05, 0) is 57.2 Å². The number of nitrogens with zero attached hydrogens (tertiary/aromatic N) is 2. The molecule has 6 atom stereocenters. The molecule has 37 heavy (non-hydrogen) atoms. The monoisotopic (exact) mass is 523 g/mol. The minimum atomic E-state index is -3.20. The summed E-state index contributed by atoms with van der Waals surface area (Å²) in [6.45, 7) is 1.91. The maximum Gasteiger partial charge on any atom is 0.255 e. The van der Waals surface area contributed by atoms with Crippen molar-refractivity contribution in [2.24, 2.45) is 11.8 Å². The van der Waals surface area contributed by atoms with Crippen LogP contribution in [0.5, 0.6) is 0 Å². The Balaban J connectivity index is 1.54. The fraction of sp³-hybridized carbons (Fsp3) is 0.600. The third-order valence-electron chi connectivity index (χ3n) is 7.52. The number of nitrogens with one attached hydrogen (secondary N) is 3. The van der Waals surface area contributed by atoms with Crippen LogP contribution in [0.2, 0.25) is 0 Å². The van der Waals surface area contributed by atoms with E-state index in [1.807, 2.05) is 6.07 Å². The van der Waals surface area contributed by atoms with Gasteiger partial charge in [0.1, 0.15) is 29.8 Å². The van der Waals surface area contributed by atoms with E-state index < -0.39 is 71.8 Å². The first-order valence-corrected chi connectivity index (χ1v) is 12.4. The molecule has 4 fully saturated rings. The summed E-state index contributed by atoms with van der Waals surface area (Å²) in [6.07, 6.45) is 0.952. The van der Waals surface area contributed by atoms with Gasteiger partial charge in [-0.25, -0.2) is 17.6 Å². The Morgan fingerprint density at radius 2 is 2.03 bits per heavy atom. The number of benzene rings is 1. The number of hydrogen-bond donors (Lipinski definition) is 3. The molecule has 3 heterocycles. The van der Waals surface area contributed by atoms with E-state index in [0.717, 1.165) is 29.5 Å². The van der Waals surface area contributed by atoms with E-state index in [1.54, 1.807) is 0 Å². The van der Waals surface area contributed by atoms with Crippen molar-refractivity contribution in [1.29, 1.82) is 5.26 Å². The largest absolute Gasteiger partial charge is 0.371 e. The van der Waals surface area contributed by atoms with Gasteiger partial charge in [0.25, 0.3) is 5.92 Å². The van der Waals surface area contributed by atoms with E-state index in [9.17, 15) is 37.2 Å². The second kappa shape index (κ2) is 10.6. The van der Waals surface area contributed by atoms with Crippen LogP contribution in [-0.4, -0.2) is 59.3 Å². The lowest BCUT2D eigenvalue weighted by atomic mass is 9.71. The number of carbonyl (C=O) groups excluding carboxylic acids is 3. The van der Waals surface area contributed by atoms with Crippen LogP contribution in [-0.2, 0) is 14.4 Å². The third-order valence-corrected chi connectivity index (χ3v) is 7.52. The second-order valence-electron chi connectivity index (χ2n) is 10.0. The number of amides is 3. The van der Waals surface area contributed by atoms with Crippen molar-refractivity contribution >= 4 is 23.4 Å². The molecule has 1 aromatic carbocycles. The number of piperidine rings is 3. The van der Waals surface area contributed by atoms with E-state index >= 15 is 0 Å². The molecule has 0 aromatic heterocycles. The van der Waals surface area contributed by atoms with Crippen LogP contribution >= 0.6 is 0 Å². The quantitative estimate of drug-likeness (QED) is 0.476. The van der Waals surface area contributed by atoms with E-state index in [2.05, 4.69) is 16.0 Å². The lowest BCUT2D eigenvalue weighted by molar-refractivity contribution is -0.194. The predicted molar refractivity (Wildman–Crippen MR) is 124 cm³/mol. The Bertz CT molecular complexity index is 1110. The van der Waals surface area contributed by atoms with Gasteiger partial charge < -0.3 is 20.9 Å². The van der Waals surface area contributed by atoms with Crippen molar-refractivity contribution in [3.8, 4) is 6.07 Å². The number of hydrogen-bond acceptors (Lipinski definition) is 5. The van der Waals surface area contributed by atoms with Gasteiger partial charge in [0.05, 0.1) is 17.7 Å². The molecule has 3 amide bonds. The maximum absolute atomic E-state index is 14.9. The van der Waals surface area contributed by atoms with Crippen molar-refractivity contribution in [3.63, 3.8) is 0 Å². The van der Waals surface area contributed by atoms with Crippen LogP contribution in [0, 0.1) is 34.8 Å². The van der Waals surface area contributed by atoms with Gasteiger partial charge in [0, 0.05) is 24.9 Å². The van der Waals surface area contributed by atoms with Crippen LogP contribution in [0.25, 0.3) is 0 Å². The summed E-state index contributed by atoms with van der Waals surface area (Å²) < 4.78 is 57.5. The van der Waals surface area contributed by atoms with E-state index in [4.69, 9.17) is 0 Å². The molecule has 3 saturated heterocycles. The van der Waals surface area contributed by atoms with Gasteiger partial charge in [-0.2, -0.15) is 5.26 Å². The highest BCUT2D eigenvalue weighted by molar-refractivity contribution is 5.92. The van der Waals surface area contributed by atoms with Gasteiger partial charge in [-0.1, -0.05) is 0 Å². The maximum atomic E-state index is 14.9. The van der Waals surface area contributed by atoms with Crippen LogP contribution < -0.4 is 16.0 Å². The molecule has 0 radical (unpaired) electrons. The Hall–Kier alpha value is -3.36. The van der Waals surface area contributed by atoms with Crippen LogP contribution in [0.4, 0.5) is 23.2 Å². The molecule has 0 unspecified atom stereocenters. The minimum absolute atomic E-state index is 0.0160. The van der Waals surface area contributed by atoms with Crippen LogP contribution in [0.3, 0.4) is 0 Å². The number of anilines is 1.